The molecule has 9 nitrogen and oxygen atoms in total. The van der Waals surface area contributed by atoms with Gasteiger partial charge in [-0.1, -0.05) is 280 Å². The Bertz CT molecular complexity index is 1530. The van der Waals surface area contributed by atoms with Crippen LogP contribution in [0.4, 0.5) is 0 Å². The topological polar surface area (TPSA) is 114 Å². The first-order valence-corrected chi connectivity index (χ1v) is 33.2. The van der Waals surface area contributed by atoms with Gasteiger partial charge < -0.3 is 28.5 Å². The lowest BCUT2D eigenvalue weighted by atomic mass is 10.0. The van der Waals surface area contributed by atoms with Gasteiger partial charge >= 0.3 is 5.97 Å². The standard InChI is InChI=1S/C66H121N2O7P/c1-7-10-13-16-19-22-25-28-30-32-33-34-35-36-38-41-44-47-50-53-56-59-66(70)75-64(57-54-51-48-45-42-39-27-24-21-18-15-12-9-3)63(62-74-76(71,72)73-61-60-68(4,5)6)67-65(69)58-55-52-49-46-43-40-37-31-29-26-23-20-17-14-11-8-2/h11,14,20,23,29,31,40,43,49,52,54,57,63-64H,7-10,12-13,15-19,21-22,24-28,30,32-39,41-42,44-48,50-51,53,55-56,58-62H2,1-6H3,(H-,67,69,71,72)/b14-11+,23-20+,31-29+,43-40+,52-49+,57-54+. The van der Waals surface area contributed by atoms with Crippen LogP contribution in [0.15, 0.2) is 72.9 Å². The first-order chi connectivity index (χ1) is 36.9. The third-order valence-electron chi connectivity index (χ3n) is 13.9. The molecule has 3 unspecified atom stereocenters. The highest BCUT2D eigenvalue weighted by Gasteiger charge is 2.27. The van der Waals surface area contributed by atoms with Gasteiger partial charge in [0.15, 0.2) is 0 Å². The van der Waals surface area contributed by atoms with Crippen molar-refractivity contribution in [2.75, 3.05) is 40.9 Å². The number of rotatable bonds is 57. The van der Waals surface area contributed by atoms with E-state index in [0.29, 0.717) is 17.4 Å². The third-order valence-corrected chi connectivity index (χ3v) is 14.9. The van der Waals surface area contributed by atoms with Crippen LogP contribution < -0.4 is 10.2 Å². The Morgan fingerprint density at radius 3 is 1.26 bits per heavy atom. The average molecular weight is 1090 g/mol. The Labute approximate surface area is 470 Å². The van der Waals surface area contributed by atoms with Gasteiger partial charge in [-0.3, -0.25) is 14.2 Å². The van der Waals surface area contributed by atoms with E-state index >= 15 is 0 Å². The number of carbonyl (C=O) groups excluding carboxylic acids is 2. The molecule has 0 aromatic rings. The summed E-state index contributed by atoms with van der Waals surface area (Å²) in [7, 11) is 1.14. The Balaban J connectivity index is 5.30. The van der Waals surface area contributed by atoms with Gasteiger partial charge in [0.1, 0.15) is 19.3 Å². The summed E-state index contributed by atoms with van der Waals surface area (Å²) in [6, 6.07) is -0.928. The van der Waals surface area contributed by atoms with Crippen molar-refractivity contribution in [3.8, 4) is 0 Å². The minimum atomic E-state index is -4.72. The zero-order valence-electron chi connectivity index (χ0n) is 50.4. The Hall–Kier alpha value is -2.55. The van der Waals surface area contributed by atoms with Gasteiger partial charge in [-0.25, -0.2) is 0 Å². The van der Waals surface area contributed by atoms with E-state index in [9.17, 15) is 19.0 Å². The molecule has 3 atom stereocenters. The van der Waals surface area contributed by atoms with E-state index in [1.165, 1.54) is 173 Å². The number of carbonyl (C=O) groups is 2. The van der Waals surface area contributed by atoms with Crippen molar-refractivity contribution >= 4 is 19.7 Å². The number of hydrogen-bond donors (Lipinski definition) is 1. The van der Waals surface area contributed by atoms with E-state index in [1.807, 2.05) is 45.4 Å². The molecular formula is C66H121N2O7P. The fraction of sp³-hybridized carbons (Fsp3) is 0.788. The third kappa shape index (κ3) is 56.2. The zero-order valence-corrected chi connectivity index (χ0v) is 51.3. The van der Waals surface area contributed by atoms with E-state index in [1.54, 1.807) is 0 Å². The Morgan fingerprint density at radius 2 is 0.855 bits per heavy atom. The summed E-state index contributed by atoms with van der Waals surface area (Å²) in [5.41, 5.74) is 0. The predicted molar refractivity (Wildman–Crippen MR) is 325 cm³/mol. The molecule has 0 radical (unpaired) electrons. The number of unbranched alkanes of at least 4 members (excludes halogenated alkanes) is 31. The highest BCUT2D eigenvalue weighted by molar-refractivity contribution is 7.45. The summed E-state index contributed by atoms with van der Waals surface area (Å²) in [5.74, 6) is -0.630. The van der Waals surface area contributed by atoms with Crippen molar-refractivity contribution in [2.45, 2.75) is 296 Å². The summed E-state index contributed by atoms with van der Waals surface area (Å²) < 4.78 is 30.3. The number of hydrogen-bond acceptors (Lipinski definition) is 7. The number of allylic oxidation sites excluding steroid dienone is 11. The van der Waals surface area contributed by atoms with Gasteiger partial charge in [0.05, 0.1) is 33.8 Å². The molecule has 0 rings (SSSR count). The van der Waals surface area contributed by atoms with Crippen LogP contribution in [0.3, 0.4) is 0 Å². The monoisotopic (exact) mass is 1080 g/mol. The number of amides is 1. The number of nitrogens with one attached hydrogen (secondary N) is 1. The maximum atomic E-state index is 13.5. The molecule has 76 heavy (non-hydrogen) atoms. The number of likely N-dealkylation sites (N-methyl/N-ethyl adjacent to an activating group) is 1. The molecule has 0 bridgehead atoms. The van der Waals surface area contributed by atoms with Crippen LogP contribution >= 0.6 is 7.82 Å². The summed E-state index contributed by atoms with van der Waals surface area (Å²) >= 11 is 0. The van der Waals surface area contributed by atoms with Crippen molar-refractivity contribution in [1.29, 1.82) is 0 Å². The first kappa shape index (κ1) is 73.5. The SMILES string of the molecule is CC/C=C/C/C=C/C/C=C/C/C=C/C/C=C/CCC(=O)NC(COP(=O)([O-])OCC[N+](C)(C)C)C(/C=C/CCCCCCCCCCCCC)OC(=O)CCCCCCCCCCCCCCCCCCCCCCC. The van der Waals surface area contributed by atoms with Crippen molar-refractivity contribution < 1.29 is 37.3 Å². The number of nitrogens with zero attached hydrogens (tertiary/aromatic N) is 1. The number of esters is 1. The summed E-state index contributed by atoms with van der Waals surface area (Å²) in [4.78, 5) is 40.0. The summed E-state index contributed by atoms with van der Waals surface area (Å²) in [6.45, 7) is 6.70. The number of phosphoric acid groups is 1. The van der Waals surface area contributed by atoms with Gasteiger partial charge in [0.25, 0.3) is 7.82 Å². The molecular weight excluding hydrogens is 964 g/mol. The van der Waals surface area contributed by atoms with E-state index < -0.39 is 26.6 Å². The zero-order chi connectivity index (χ0) is 55.7. The molecule has 0 aliphatic heterocycles. The molecule has 0 heterocycles. The van der Waals surface area contributed by atoms with Gasteiger partial charge in [-0.2, -0.15) is 0 Å². The van der Waals surface area contributed by atoms with E-state index in [2.05, 4.69) is 74.7 Å². The Kier molecular flexibility index (Phi) is 53.9. The normalized spacial score (nSPS) is 14.1. The van der Waals surface area contributed by atoms with E-state index in [4.69, 9.17) is 13.8 Å². The fourth-order valence-electron chi connectivity index (χ4n) is 9.04. The van der Waals surface area contributed by atoms with Crippen LogP contribution in [-0.2, 0) is 27.9 Å². The van der Waals surface area contributed by atoms with Gasteiger partial charge in [0, 0.05) is 12.8 Å². The smallest absolute Gasteiger partial charge is 0.306 e. The molecule has 1 N–H and O–H groups in total. The number of quaternary nitrogens is 1. The lowest BCUT2D eigenvalue weighted by molar-refractivity contribution is -0.870. The molecule has 0 aromatic carbocycles. The highest BCUT2D eigenvalue weighted by atomic mass is 31.2. The van der Waals surface area contributed by atoms with E-state index in [-0.39, 0.29) is 31.3 Å². The summed E-state index contributed by atoms with van der Waals surface area (Å²) in [5, 5.41) is 2.98. The van der Waals surface area contributed by atoms with Crippen molar-refractivity contribution in [2.24, 2.45) is 0 Å². The Morgan fingerprint density at radius 1 is 0.474 bits per heavy atom. The molecule has 10 heteroatoms. The van der Waals surface area contributed by atoms with Crippen LogP contribution in [-0.4, -0.2) is 69.4 Å². The minimum absolute atomic E-state index is 0.0364. The van der Waals surface area contributed by atoms with Crippen LogP contribution in [0.5, 0.6) is 0 Å². The molecule has 0 aromatic heterocycles. The molecule has 0 aliphatic rings. The van der Waals surface area contributed by atoms with Crippen molar-refractivity contribution in [3.63, 3.8) is 0 Å². The molecule has 442 valence electrons. The number of phosphoric ester groups is 1. The van der Waals surface area contributed by atoms with Gasteiger partial charge in [-0.05, 0) is 63.9 Å². The van der Waals surface area contributed by atoms with Gasteiger partial charge in [0.2, 0.25) is 5.91 Å². The molecule has 0 aliphatic carbocycles. The maximum Gasteiger partial charge on any atom is 0.306 e. The van der Waals surface area contributed by atoms with Crippen molar-refractivity contribution in [1.82, 2.24) is 5.32 Å². The lowest BCUT2D eigenvalue weighted by Gasteiger charge is -2.30. The molecule has 1 amide bonds. The average Bonchev–Trinajstić information content (AvgIpc) is 3.38. The molecule has 0 fully saturated rings. The second kappa shape index (κ2) is 55.8. The van der Waals surface area contributed by atoms with Crippen LogP contribution in [0.25, 0.3) is 0 Å². The minimum Gasteiger partial charge on any atom is -0.756 e. The molecule has 0 spiro atoms. The first-order valence-electron chi connectivity index (χ1n) is 31.7. The highest BCUT2D eigenvalue weighted by Crippen LogP contribution is 2.38. The van der Waals surface area contributed by atoms with Gasteiger partial charge in [-0.15, -0.1) is 0 Å². The van der Waals surface area contributed by atoms with Crippen LogP contribution in [0.1, 0.15) is 284 Å². The second-order valence-electron chi connectivity index (χ2n) is 22.5. The van der Waals surface area contributed by atoms with Crippen LogP contribution in [0.2, 0.25) is 0 Å². The quantitative estimate of drug-likeness (QED) is 0.0212. The predicted octanol–water partition coefficient (Wildman–Crippen LogP) is 19.0. The largest absolute Gasteiger partial charge is 0.756 e. The van der Waals surface area contributed by atoms with Crippen molar-refractivity contribution in [3.05, 3.63) is 72.9 Å². The van der Waals surface area contributed by atoms with Crippen LogP contribution in [0, 0.1) is 0 Å². The molecule has 0 saturated heterocycles. The lowest BCUT2D eigenvalue weighted by Crippen LogP contribution is -2.47. The van der Waals surface area contributed by atoms with E-state index in [0.717, 1.165) is 70.6 Å². The summed E-state index contributed by atoms with van der Waals surface area (Å²) in [6.07, 6.45) is 71.8. The number of ether oxygens (including phenoxy) is 1. The maximum absolute atomic E-state index is 13.5. The fourth-order valence-corrected chi connectivity index (χ4v) is 9.76. The second-order valence-corrected chi connectivity index (χ2v) is 23.9. The molecule has 0 saturated carbocycles.